The smallest absolute Gasteiger partial charge is 0.252 e. The van der Waals surface area contributed by atoms with E-state index in [9.17, 15) is 4.79 Å². The number of fused-ring (bicyclic) bond motifs is 1. The molecule has 4 rings (SSSR count). The predicted octanol–water partition coefficient (Wildman–Crippen LogP) is 5.75. The van der Waals surface area contributed by atoms with Crippen LogP contribution in [0.2, 0.25) is 0 Å². The Hall–Kier alpha value is -3.66. The van der Waals surface area contributed by atoms with Crippen LogP contribution in [-0.2, 0) is 6.54 Å². The van der Waals surface area contributed by atoms with E-state index in [2.05, 4.69) is 41.4 Å². The van der Waals surface area contributed by atoms with Crippen LogP contribution in [-0.4, -0.2) is 17.9 Å². The quantitative estimate of drug-likeness (QED) is 0.423. The molecule has 1 heterocycles. The molecule has 0 fully saturated rings. The molecule has 1 atom stereocenters. The van der Waals surface area contributed by atoms with E-state index in [0.29, 0.717) is 5.56 Å². The molecule has 156 valence electrons. The molecule has 0 unspecified atom stereocenters. The van der Waals surface area contributed by atoms with E-state index in [1.807, 2.05) is 73.8 Å². The average molecular weight is 410 g/mol. The van der Waals surface area contributed by atoms with Gasteiger partial charge < -0.3 is 10.2 Å². The molecule has 31 heavy (non-hydrogen) atoms. The van der Waals surface area contributed by atoms with Crippen LogP contribution in [0.4, 0.5) is 5.82 Å². The molecule has 1 amide bonds. The normalized spacial score (nSPS) is 11.8. The monoisotopic (exact) mass is 409 g/mol. The molecule has 0 spiro atoms. The molecule has 1 aromatic heterocycles. The Labute approximate surface area is 183 Å². The first kappa shape index (κ1) is 20.6. The summed E-state index contributed by atoms with van der Waals surface area (Å²) in [4.78, 5) is 20.3. The summed E-state index contributed by atoms with van der Waals surface area (Å²) in [5.74, 6) is 0.698. The van der Waals surface area contributed by atoms with Crippen molar-refractivity contribution < 1.29 is 4.79 Å². The highest BCUT2D eigenvalue weighted by molar-refractivity contribution is 6.07. The third-order valence-electron chi connectivity index (χ3n) is 5.52. The van der Waals surface area contributed by atoms with E-state index in [1.165, 1.54) is 5.56 Å². The van der Waals surface area contributed by atoms with Crippen LogP contribution in [0.5, 0.6) is 0 Å². The maximum Gasteiger partial charge on any atom is 0.252 e. The van der Waals surface area contributed by atoms with Gasteiger partial charge in [0, 0.05) is 19.0 Å². The Bertz CT molecular complexity index is 1160. The Morgan fingerprint density at radius 2 is 1.58 bits per heavy atom. The van der Waals surface area contributed by atoms with Gasteiger partial charge in [0.1, 0.15) is 5.82 Å². The Morgan fingerprint density at radius 3 is 2.29 bits per heavy atom. The summed E-state index contributed by atoms with van der Waals surface area (Å²) in [6, 6.07) is 30.1. The Morgan fingerprint density at radius 1 is 0.935 bits per heavy atom. The average Bonchev–Trinajstić information content (AvgIpc) is 2.82. The molecular weight excluding hydrogens is 382 g/mol. The summed E-state index contributed by atoms with van der Waals surface area (Å²) in [6.45, 7) is 2.80. The number of hydrogen-bond acceptors (Lipinski definition) is 3. The van der Waals surface area contributed by atoms with Crippen molar-refractivity contribution in [3.63, 3.8) is 0 Å². The number of pyridine rings is 1. The summed E-state index contributed by atoms with van der Waals surface area (Å²) in [7, 11) is 2.00. The van der Waals surface area contributed by atoms with Gasteiger partial charge in [-0.1, -0.05) is 85.8 Å². The number of hydrogen-bond donors (Lipinski definition) is 1. The fourth-order valence-corrected chi connectivity index (χ4v) is 3.83. The van der Waals surface area contributed by atoms with Gasteiger partial charge in [0.15, 0.2) is 0 Å². The summed E-state index contributed by atoms with van der Waals surface area (Å²) in [5, 5.41) is 4.08. The first-order valence-electron chi connectivity index (χ1n) is 10.7. The zero-order valence-electron chi connectivity index (χ0n) is 18.0. The third-order valence-corrected chi connectivity index (χ3v) is 5.52. The summed E-state index contributed by atoms with van der Waals surface area (Å²) in [5.41, 5.74) is 3.77. The van der Waals surface area contributed by atoms with Gasteiger partial charge in [-0.05, 0) is 29.7 Å². The lowest BCUT2D eigenvalue weighted by molar-refractivity contribution is 0.0937. The molecule has 0 radical (unpaired) electrons. The van der Waals surface area contributed by atoms with Crippen molar-refractivity contribution in [3.05, 3.63) is 108 Å². The van der Waals surface area contributed by atoms with Gasteiger partial charge in [0.05, 0.1) is 17.1 Å². The van der Waals surface area contributed by atoms with E-state index >= 15 is 0 Å². The third kappa shape index (κ3) is 4.75. The number of aromatic nitrogens is 1. The van der Waals surface area contributed by atoms with Gasteiger partial charge in [0.2, 0.25) is 0 Å². The number of rotatable bonds is 7. The molecule has 4 heteroatoms. The summed E-state index contributed by atoms with van der Waals surface area (Å²) >= 11 is 0. The highest BCUT2D eigenvalue weighted by atomic mass is 16.1. The highest BCUT2D eigenvalue weighted by Crippen LogP contribution is 2.25. The molecule has 0 bridgehead atoms. The Balaban J connectivity index is 1.66. The zero-order chi connectivity index (χ0) is 21.6. The number of para-hydroxylation sites is 1. The molecule has 4 aromatic rings. The second kappa shape index (κ2) is 9.43. The maximum absolute atomic E-state index is 13.4. The van der Waals surface area contributed by atoms with Crippen molar-refractivity contribution in [2.75, 3.05) is 11.9 Å². The van der Waals surface area contributed by atoms with Crippen molar-refractivity contribution >= 4 is 22.6 Å². The van der Waals surface area contributed by atoms with Crippen molar-refractivity contribution in [1.82, 2.24) is 10.3 Å². The van der Waals surface area contributed by atoms with E-state index in [0.717, 1.165) is 35.2 Å². The fraction of sp³-hybridized carbons (Fsp3) is 0.185. The van der Waals surface area contributed by atoms with Crippen LogP contribution < -0.4 is 10.2 Å². The van der Waals surface area contributed by atoms with Crippen LogP contribution >= 0.6 is 0 Å². The molecule has 0 aliphatic heterocycles. The predicted molar refractivity (Wildman–Crippen MR) is 127 cm³/mol. The fourth-order valence-electron chi connectivity index (χ4n) is 3.83. The number of carbonyl (C=O) groups is 1. The minimum absolute atomic E-state index is 0.0360. The Kier molecular flexibility index (Phi) is 6.27. The summed E-state index contributed by atoms with van der Waals surface area (Å²) < 4.78 is 0. The number of amides is 1. The second-order valence-corrected chi connectivity index (χ2v) is 7.73. The second-order valence-electron chi connectivity index (χ2n) is 7.73. The SMILES string of the molecule is CC[C@H](NC(=O)c1cc(N(C)Cc2ccccc2)nc2ccccc12)c1ccccc1. The van der Waals surface area contributed by atoms with Gasteiger partial charge >= 0.3 is 0 Å². The number of benzene rings is 3. The van der Waals surface area contributed by atoms with Crippen molar-refractivity contribution in [2.45, 2.75) is 25.9 Å². The highest BCUT2D eigenvalue weighted by Gasteiger charge is 2.18. The lowest BCUT2D eigenvalue weighted by Crippen LogP contribution is -2.29. The number of nitrogens with one attached hydrogen (secondary N) is 1. The molecule has 0 aliphatic carbocycles. The van der Waals surface area contributed by atoms with Crippen LogP contribution in [0.3, 0.4) is 0 Å². The first-order chi connectivity index (χ1) is 15.2. The lowest BCUT2D eigenvalue weighted by atomic mass is 10.0. The van der Waals surface area contributed by atoms with Crippen LogP contribution in [0.25, 0.3) is 10.9 Å². The minimum Gasteiger partial charge on any atom is -0.355 e. The molecule has 0 saturated carbocycles. The molecule has 0 aliphatic rings. The number of carbonyl (C=O) groups excluding carboxylic acids is 1. The molecule has 4 nitrogen and oxygen atoms in total. The van der Waals surface area contributed by atoms with Gasteiger partial charge in [-0.2, -0.15) is 0 Å². The summed E-state index contributed by atoms with van der Waals surface area (Å²) in [6.07, 6.45) is 0.819. The van der Waals surface area contributed by atoms with Gasteiger partial charge in [-0.3, -0.25) is 4.79 Å². The topological polar surface area (TPSA) is 45.2 Å². The van der Waals surface area contributed by atoms with E-state index < -0.39 is 0 Å². The lowest BCUT2D eigenvalue weighted by Gasteiger charge is -2.21. The van der Waals surface area contributed by atoms with Crippen LogP contribution in [0, 0.1) is 0 Å². The number of nitrogens with zero attached hydrogens (tertiary/aromatic N) is 2. The van der Waals surface area contributed by atoms with Crippen LogP contribution in [0.1, 0.15) is 40.9 Å². The molecule has 0 saturated heterocycles. The van der Waals surface area contributed by atoms with Gasteiger partial charge in [-0.15, -0.1) is 0 Å². The van der Waals surface area contributed by atoms with E-state index in [1.54, 1.807) is 0 Å². The van der Waals surface area contributed by atoms with Crippen molar-refractivity contribution in [3.8, 4) is 0 Å². The molecular formula is C27H27N3O. The van der Waals surface area contributed by atoms with Gasteiger partial charge in [0.25, 0.3) is 5.91 Å². The molecule has 1 N–H and O–H groups in total. The van der Waals surface area contributed by atoms with E-state index in [4.69, 9.17) is 4.98 Å². The maximum atomic E-state index is 13.4. The number of anilines is 1. The largest absolute Gasteiger partial charge is 0.355 e. The molecule has 3 aromatic carbocycles. The van der Waals surface area contributed by atoms with E-state index in [-0.39, 0.29) is 11.9 Å². The van der Waals surface area contributed by atoms with Crippen molar-refractivity contribution in [1.29, 1.82) is 0 Å². The van der Waals surface area contributed by atoms with Gasteiger partial charge in [-0.25, -0.2) is 4.98 Å². The zero-order valence-corrected chi connectivity index (χ0v) is 18.0. The van der Waals surface area contributed by atoms with Crippen molar-refractivity contribution in [2.24, 2.45) is 0 Å². The standard InChI is InChI=1S/C27H27N3O/c1-3-24(21-14-8-5-9-15-21)29-27(31)23-18-26(28-25-17-11-10-16-22(23)25)30(2)19-20-12-6-4-7-13-20/h4-18,24H,3,19H2,1-2H3,(H,29,31)/t24-/m0/s1. The minimum atomic E-state index is -0.0799. The first-order valence-corrected chi connectivity index (χ1v) is 10.7. The van der Waals surface area contributed by atoms with Crippen LogP contribution in [0.15, 0.2) is 91.0 Å².